The molecule has 2 aromatic heterocycles. The quantitative estimate of drug-likeness (QED) is 0.476. The van der Waals surface area contributed by atoms with Crippen molar-refractivity contribution >= 4 is 27.4 Å². The number of aryl methyl sites for hydroxylation is 2. The molecule has 5 nitrogen and oxygen atoms in total. The molecule has 178 valence electrons. The minimum atomic E-state index is 0.365. The van der Waals surface area contributed by atoms with Crippen molar-refractivity contribution in [2.45, 2.75) is 78.6 Å². The van der Waals surface area contributed by atoms with E-state index < -0.39 is 0 Å². The maximum absolute atomic E-state index is 5.18. The van der Waals surface area contributed by atoms with Crippen molar-refractivity contribution in [3.8, 4) is 0 Å². The van der Waals surface area contributed by atoms with Crippen LogP contribution in [0.2, 0.25) is 0 Å². The Morgan fingerprint density at radius 2 is 1.62 bits per heavy atom. The molecule has 0 radical (unpaired) electrons. The SMILES string of the molecule is CCCN(CCC)CCN1CCN(c2nc(C(C)C)nc3sc4c(c23)CCCCC4)CC1. The number of thiophene rings is 1. The normalized spacial score (nSPS) is 18.0. The van der Waals surface area contributed by atoms with Crippen LogP contribution in [0.1, 0.15) is 82.0 Å². The molecule has 0 atom stereocenters. The minimum Gasteiger partial charge on any atom is -0.353 e. The summed E-state index contributed by atoms with van der Waals surface area (Å²) in [7, 11) is 0. The standard InChI is InChI=1S/C26H43N5S/c1-5-12-29(13-6-2)14-15-30-16-18-31(19-17-30)25-23-21-10-8-7-9-11-22(21)32-26(23)28-24(27-25)20(3)4/h20H,5-19H2,1-4H3. The van der Waals surface area contributed by atoms with E-state index in [2.05, 4.69) is 42.4 Å². The molecule has 1 fully saturated rings. The zero-order valence-corrected chi connectivity index (χ0v) is 21.6. The molecule has 0 aromatic carbocycles. The van der Waals surface area contributed by atoms with Crippen LogP contribution in [0.25, 0.3) is 10.2 Å². The fraction of sp³-hybridized carbons (Fsp3) is 0.769. The van der Waals surface area contributed by atoms with Crippen molar-refractivity contribution in [1.82, 2.24) is 19.8 Å². The molecular formula is C26H43N5S. The zero-order valence-electron chi connectivity index (χ0n) is 20.8. The Bertz CT molecular complexity index is 863. The molecule has 1 saturated heterocycles. The van der Waals surface area contributed by atoms with Crippen molar-refractivity contribution in [2.75, 3.05) is 57.3 Å². The van der Waals surface area contributed by atoms with Gasteiger partial charge in [0.25, 0.3) is 0 Å². The predicted octanol–water partition coefficient (Wildman–Crippen LogP) is 5.33. The first-order chi connectivity index (χ1) is 15.6. The molecule has 4 rings (SSSR count). The van der Waals surface area contributed by atoms with Crippen LogP contribution in [-0.2, 0) is 12.8 Å². The summed E-state index contributed by atoms with van der Waals surface area (Å²) in [5, 5.41) is 1.39. The van der Waals surface area contributed by atoms with Gasteiger partial charge >= 0.3 is 0 Å². The summed E-state index contributed by atoms with van der Waals surface area (Å²) in [6, 6.07) is 0. The fourth-order valence-electron chi connectivity index (χ4n) is 5.25. The van der Waals surface area contributed by atoms with Crippen LogP contribution in [0, 0.1) is 0 Å². The van der Waals surface area contributed by atoms with Crippen LogP contribution in [0.3, 0.4) is 0 Å². The fourth-order valence-corrected chi connectivity index (χ4v) is 6.51. The Kier molecular flexibility index (Phi) is 8.41. The summed E-state index contributed by atoms with van der Waals surface area (Å²) in [5.41, 5.74) is 1.57. The molecule has 2 aromatic rings. The Morgan fingerprint density at radius 1 is 0.906 bits per heavy atom. The van der Waals surface area contributed by atoms with E-state index in [1.165, 1.54) is 87.2 Å². The molecule has 32 heavy (non-hydrogen) atoms. The molecule has 3 heterocycles. The number of piperazine rings is 1. The second-order valence-electron chi connectivity index (χ2n) is 9.98. The molecular weight excluding hydrogens is 414 g/mol. The largest absolute Gasteiger partial charge is 0.353 e. The molecule has 0 bridgehead atoms. The summed E-state index contributed by atoms with van der Waals surface area (Å²) < 4.78 is 0. The number of hydrogen-bond donors (Lipinski definition) is 0. The maximum atomic E-state index is 5.18. The van der Waals surface area contributed by atoms with Gasteiger partial charge in [-0.3, -0.25) is 4.90 Å². The highest BCUT2D eigenvalue weighted by molar-refractivity contribution is 7.19. The lowest BCUT2D eigenvalue weighted by Crippen LogP contribution is -2.49. The highest BCUT2D eigenvalue weighted by Crippen LogP contribution is 2.40. The predicted molar refractivity (Wildman–Crippen MR) is 138 cm³/mol. The third kappa shape index (κ3) is 5.45. The highest BCUT2D eigenvalue weighted by atomic mass is 32.1. The van der Waals surface area contributed by atoms with E-state index in [1.54, 1.807) is 10.4 Å². The summed E-state index contributed by atoms with van der Waals surface area (Å²) in [5.74, 6) is 2.61. The molecule has 0 unspecified atom stereocenters. The van der Waals surface area contributed by atoms with Crippen molar-refractivity contribution in [3.63, 3.8) is 0 Å². The summed E-state index contributed by atoms with van der Waals surface area (Å²) >= 11 is 1.95. The van der Waals surface area contributed by atoms with Crippen molar-refractivity contribution in [3.05, 3.63) is 16.3 Å². The Hall–Kier alpha value is -1.24. The van der Waals surface area contributed by atoms with Crippen molar-refractivity contribution in [1.29, 1.82) is 0 Å². The van der Waals surface area contributed by atoms with Crippen LogP contribution in [-0.4, -0.2) is 72.1 Å². The molecule has 6 heteroatoms. The number of hydrogen-bond acceptors (Lipinski definition) is 6. The van der Waals surface area contributed by atoms with Crippen molar-refractivity contribution in [2.24, 2.45) is 0 Å². The van der Waals surface area contributed by atoms with E-state index in [0.29, 0.717) is 5.92 Å². The van der Waals surface area contributed by atoms with Crippen LogP contribution in [0.5, 0.6) is 0 Å². The van der Waals surface area contributed by atoms with E-state index >= 15 is 0 Å². The number of rotatable bonds is 9. The molecule has 1 aliphatic carbocycles. The summed E-state index contributed by atoms with van der Waals surface area (Å²) in [4.78, 5) is 20.9. The van der Waals surface area contributed by atoms with Gasteiger partial charge < -0.3 is 9.80 Å². The highest BCUT2D eigenvalue weighted by Gasteiger charge is 2.26. The van der Waals surface area contributed by atoms with Gasteiger partial charge in [-0.05, 0) is 57.2 Å². The maximum Gasteiger partial charge on any atom is 0.141 e. The second kappa shape index (κ2) is 11.3. The van der Waals surface area contributed by atoms with E-state index in [-0.39, 0.29) is 0 Å². The van der Waals surface area contributed by atoms with Gasteiger partial charge in [0.15, 0.2) is 0 Å². The first kappa shape index (κ1) is 23.9. The topological polar surface area (TPSA) is 35.5 Å². The smallest absolute Gasteiger partial charge is 0.141 e. The molecule has 1 aliphatic heterocycles. The average molecular weight is 458 g/mol. The van der Waals surface area contributed by atoms with Gasteiger partial charge in [-0.1, -0.05) is 34.1 Å². The lowest BCUT2D eigenvalue weighted by Gasteiger charge is -2.37. The number of nitrogens with zero attached hydrogens (tertiary/aromatic N) is 5. The van der Waals surface area contributed by atoms with Crippen LogP contribution >= 0.6 is 11.3 Å². The Morgan fingerprint density at radius 3 is 2.31 bits per heavy atom. The van der Waals surface area contributed by atoms with Crippen LogP contribution in [0.4, 0.5) is 5.82 Å². The first-order valence-electron chi connectivity index (χ1n) is 13.1. The number of aromatic nitrogens is 2. The van der Waals surface area contributed by atoms with Gasteiger partial charge in [-0.15, -0.1) is 11.3 Å². The van der Waals surface area contributed by atoms with Gasteiger partial charge in [0.2, 0.25) is 0 Å². The second-order valence-corrected chi connectivity index (χ2v) is 11.1. The van der Waals surface area contributed by atoms with Gasteiger partial charge in [-0.2, -0.15) is 0 Å². The molecule has 0 spiro atoms. The first-order valence-corrected chi connectivity index (χ1v) is 13.9. The molecule has 0 amide bonds. The van der Waals surface area contributed by atoms with Gasteiger partial charge in [0.1, 0.15) is 16.5 Å². The summed E-state index contributed by atoms with van der Waals surface area (Å²) in [6.45, 7) is 18.3. The van der Waals surface area contributed by atoms with Crippen LogP contribution in [0.15, 0.2) is 0 Å². The third-order valence-corrected chi connectivity index (χ3v) is 8.25. The zero-order chi connectivity index (χ0) is 22.5. The lowest BCUT2D eigenvalue weighted by atomic mass is 10.1. The third-order valence-electron chi connectivity index (χ3n) is 7.06. The van der Waals surface area contributed by atoms with Gasteiger partial charge in [-0.25, -0.2) is 9.97 Å². The van der Waals surface area contributed by atoms with E-state index in [1.807, 2.05) is 11.3 Å². The van der Waals surface area contributed by atoms with Crippen molar-refractivity contribution < 1.29 is 0 Å². The Balaban J connectivity index is 1.50. The minimum absolute atomic E-state index is 0.365. The monoisotopic (exact) mass is 457 g/mol. The molecule has 2 aliphatic rings. The van der Waals surface area contributed by atoms with E-state index in [0.717, 1.165) is 32.0 Å². The van der Waals surface area contributed by atoms with E-state index in [4.69, 9.17) is 9.97 Å². The number of anilines is 1. The molecule has 0 N–H and O–H groups in total. The van der Waals surface area contributed by atoms with Gasteiger partial charge in [0.05, 0.1) is 5.39 Å². The molecule has 0 saturated carbocycles. The number of fused-ring (bicyclic) bond motifs is 3. The van der Waals surface area contributed by atoms with Gasteiger partial charge in [0, 0.05) is 50.1 Å². The lowest BCUT2D eigenvalue weighted by molar-refractivity contribution is 0.196. The summed E-state index contributed by atoms with van der Waals surface area (Å²) in [6.07, 6.45) is 8.93. The van der Waals surface area contributed by atoms with E-state index in [9.17, 15) is 0 Å². The Labute approximate surface area is 199 Å². The average Bonchev–Trinajstić information content (AvgIpc) is 2.98. The van der Waals surface area contributed by atoms with Crippen LogP contribution < -0.4 is 4.90 Å².